The van der Waals surface area contributed by atoms with Crippen molar-refractivity contribution in [1.82, 2.24) is 0 Å². The molecule has 0 spiro atoms. The van der Waals surface area contributed by atoms with Crippen molar-refractivity contribution < 1.29 is 14.6 Å². The van der Waals surface area contributed by atoms with E-state index in [0.29, 0.717) is 22.6 Å². The summed E-state index contributed by atoms with van der Waals surface area (Å²) >= 11 is 6.77. The number of carbonyl (C=O) groups is 1. The number of hydrogen-bond donors (Lipinski definition) is 2. The molecule has 2 rings (SSSR count). The molecule has 2 aromatic rings. The van der Waals surface area contributed by atoms with Crippen LogP contribution in [-0.4, -0.2) is 18.1 Å². The van der Waals surface area contributed by atoms with E-state index in [1.165, 1.54) is 6.07 Å². The number of phenols is 1. The first-order valence-corrected chi connectivity index (χ1v) is 7.65. The molecule has 0 heterocycles. The number of nitrogens with one attached hydrogen (secondary N) is 1. The van der Waals surface area contributed by atoms with Crippen molar-refractivity contribution in [2.24, 2.45) is 0 Å². The zero-order valence-corrected chi connectivity index (χ0v) is 14.6. The van der Waals surface area contributed by atoms with E-state index in [1.54, 1.807) is 38.3 Å². The SMILES string of the molecule is COc1cc(NC(=O)c2ccc(O)c(C)c2)c(Br)cc1Br. The number of rotatable bonds is 3. The van der Waals surface area contributed by atoms with E-state index in [1.807, 2.05) is 0 Å². The third-order valence-electron chi connectivity index (χ3n) is 2.95. The second-order valence-electron chi connectivity index (χ2n) is 4.42. The molecule has 2 N–H and O–H groups in total. The van der Waals surface area contributed by atoms with Crippen LogP contribution in [0.2, 0.25) is 0 Å². The summed E-state index contributed by atoms with van der Waals surface area (Å²) in [7, 11) is 1.56. The smallest absolute Gasteiger partial charge is 0.255 e. The van der Waals surface area contributed by atoms with E-state index < -0.39 is 0 Å². The Morgan fingerprint density at radius 1 is 1.19 bits per heavy atom. The van der Waals surface area contributed by atoms with Crippen molar-refractivity contribution in [3.05, 3.63) is 50.4 Å². The predicted molar refractivity (Wildman–Crippen MR) is 89.2 cm³/mol. The third kappa shape index (κ3) is 3.57. The topological polar surface area (TPSA) is 58.6 Å². The second-order valence-corrected chi connectivity index (χ2v) is 6.13. The number of halogens is 2. The minimum atomic E-state index is -0.261. The maximum atomic E-state index is 12.2. The number of amides is 1. The van der Waals surface area contributed by atoms with Gasteiger partial charge in [-0.2, -0.15) is 0 Å². The van der Waals surface area contributed by atoms with Gasteiger partial charge in [0, 0.05) is 16.1 Å². The zero-order valence-electron chi connectivity index (χ0n) is 11.4. The highest BCUT2D eigenvalue weighted by molar-refractivity contribution is 9.11. The van der Waals surface area contributed by atoms with Gasteiger partial charge in [0.25, 0.3) is 5.91 Å². The molecule has 0 radical (unpaired) electrons. The molecule has 110 valence electrons. The maximum absolute atomic E-state index is 12.2. The molecule has 21 heavy (non-hydrogen) atoms. The number of aromatic hydroxyl groups is 1. The fraction of sp³-hybridized carbons (Fsp3) is 0.133. The Morgan fingerprint density at radius 3 is 2.52 bits per heavy atom. The van der Waals surface area contributed by atoms with Gasteiger partial charge in [0.2, 0.25) is 0 Å². The maximum Gasteiger partial charge on any atom is 0.255 e. The van der Waals surface area contributed by atoms with Crippen LogP contribution in [0.15, 0.2) is 39.3 Å². The third-order valence-corrected chi connectivity index (χ3v) is 4.22. The second kappa shape index (κ2) is 6.49. The van der Waals surface area contributed by atoms with Crippen molar-refractivity contribution in [3.8, 4) is 11.5 Å². The Kier molecular flexibility index (Phi) is 4.90. The van der Waals surface area contributed by atoms with Crippen molar-refractivity contribution >= 4 is 43.5 Å². The predicted octanol–water partition coefficient (Wildman–Crippen LogP) is 4.49. The zero-order chi connectivity index (χ0) is 15.6. The minimum Gasteiger partial charge on any atom is -0.508 e. The Hall–Kier alpha value is -1.53. The van der Waals surface area contributed by atoms with Gasteiger partial charge in [-0.25, -0.2) is 0 Å². The van der Waals surface area contributed by atoms with Crippen LogP contribution in [0.1, 0.15) is 15.9 Å². The number of benzene rings is 2. The Balaban J connectivity index is 2.29. The number of ether oxygens (including phenoxy) is 1. The molecule has 0 atom stereocenters. The van der Waals surface area contributed by atoms with Crippen molar-refractivity contribution in [2.45, 2.75) is 6.92 Å². The molecule has 0 aliphatic carbocycles. The highest BCUT2D eigenvalue weighted by atomic mass is 79.9. The van der Waals surface area contributed by atoms with E-state index in [2.05, 4.69) is 37.2 Å². The minimum absolute atomic E-state index is 0.165. The van der Waals surface area contributed by atoms with Crippen LogP contribution < -0.4 is 10.1 Å². The lowest BCUT2D eigenvalue weighted by Gasteiger charge is -2.11. The van der Waals surface area contributed by atoms with Gasteiger partial charge in [0.05, 0.1) is 17.3 Å². The molecule has 1 amide bonds. The van der Waals surface area contributed by atoms with Crippen LogP contribution in [0.5, 0.6) is 11.5 Å². The van der Waals surface area contributed by atoms with Gasteiger partial charge in [-0.3, -0.25) is 4.79 Å². The van der Waals surface area contributed by atoms with Crippen LogP contribution in [0.4, 0.5) is 5.69 Å². The van der Waals surface area contributed by atoms with E-state index in [4.69, 9.17) is 4.74 Å². The molecular weight excluding hydrogens is 402 g/mol. The summed E-state index contributed by atoms with van der Waals surface area (Å²) < 4.78 is 6.73. The summed E-state index contributed by atoms with van der Waals surface area (Å²) in [5, 5.41) is 12.3. The van der Waals surface area contributed by atoms with Gasteiger partial charge in [0.1, 0.15) is 11.5 Å². The summed E-state index contributed by atoms with van der Waals surface area (Å²) in [5.41, 5.74) is 1.72. The largest absolute Gasteiger partial charge is 0.508 e. The van der Waals surface area contributed by atoms with Gasteiger partial charge < -0.3 is 15.2 Å². The number of methoxy groups -OCH3 is 1. The van der Waals surface area contributed by atoms with Gasteiger partial charge in [-0.1, -0.05) is 0 Å². The van der Waals surface area contributed by atoms with Crippen molar-refractivity contribution in [3.63, 3.8) is 0 Å². The molecule has 0 saturated heterocycles. The quantitative estimate of drug-likeness (QED) is 0.777. The van der Waals surface area contributed by atoms with Crippen LogP contribution in [0, 0.1) is 6.92 Å². The first kappa shape index (κ1) is 15.9. The monoisotopic (exact) mass is 413 g/mol. The first-order valence-electron chi connectivity index (χ1n) is 6.06. The number of phenolic OH excluding ortho intramolecular Hbond substituents is 1. The lowest BCUT2D eigenvalue weighted by Crippen LogP contribution is -2.12. The molecule has 0 bridgehead atoms. The molecular formula is C15H13Br2NO3. The van der Waals surface area contributed by atoms with Gasteiger partial charge >= 0.3 is 0 Å². The van der Waals surface area contributed by atoms with E-state index in [0.717, 1.165) is 8.95 Å². The van der Waals surface area contributed by atoms with Crippen LogP contribution in [0.25, 0.3) is 0 Å². The van der Waals surface area contributed by atoms with Gasteiger partial charge in [0.15, 0.2) is 0 Å². The fourth-order valence-electron chi connectivity index (χ4n) is 1.77. The molecule has 6 heteroatoms. The summed E-state index contributed by atoms with van der Waals surface area (Å²) in [6, 6.07) is 8.23. The first-order chi connectivity index (χ1) is 9.92. The normalized spacial score (nSPS) is 10.3. The number of anilines is 1. The number of carbonyl (C=O) groups excluding carboxylic acids is 1. The average molecular weight is 415 g/mol. The van der Waals surface area contributed by atoms with Gasteiger partial charge in [-0.05, 0) is 68.6 Å². The molecule has 0 saturated carbocycles. The van der Waals surface area contributed by atoms with Crippen molar-refractivity contribution in [1.29, 1.82) is 0 Å². The van der Waals surface area contributed by atoms with Crippen LogP contribution in [0.3, 0.4) is 0 Å². The molecule has 0 aromatic heterocycles. The summed E-state index contributed by atoms with van der Waals surface area (Å²) in [6.07, 6.45) is 0. The van der Waals surface area contributed by atoms with E-state index in [9.17, 15) is 9.90 Å². The number of aryl methyl sites for hydroxylation is 1. The standard InChI is InChI=1S/C15H13Br2NO3/c1-8-5-9(3-4-13(8)19)15(20)18-12-7-14(21-2)11(17)6-10(12)16/h3-7,19H,1-2H3,(H,18,20). The highest BCUT2D eigenvalue weighted by Gasteiger charge is 2.12. The summed E-state index contributed by atoms with van der Waals surface area (Å²) in [6.45, 7) is 1.74. The van der Waals surface area contributed by atoms with Crippen molar-refractivity contribution in [2.75, 3.05) is 12.4 Å². The fourth-order valence-corrected chi connectivity index (χ4v) is 3.03. The molecule has 0 fully saturated rings. The van der Waals surface area contributed by atoms with E-state index >= 15 is 0 Å². The average Bonchev–Trinajstić information content (AvgIpc) is 2.44. The lowest BCUT2D eigenvalue weighted by atomic mass is 10.1. The Bertz CT molecular complexity index is 702. The Labute approximate surface area is 139 Å². The molecule has 2 aromatic carbocycles. The summed E-state index contributed by atoms with van der Waals surface area (Å²) in [4.78, 5) is 12.2. The van der Waals surface area contributed by atoms with Crippen LogP contribution in [-0.2, 0) is 0 Å². The molecule has 4 nitrogen and oxygen atoms in total. The van der Waals surface area contributed by atoms with E-state index in [-0.39, 0.29) is 11.7 Å². The summed E-state index contributed by atoms with van der Waals surface area (Å²) in [5.74, 6) is 0.525. The highest BCUT2D eigenvalue weighted by Crippen LogP contribution is 2.34. The number of hydrogen-bond acceptors (Lipinski definition) is 3. The lowest BCUT2D eigenvalue weighted by molar-refractivity contribution is 0.102. The van der Waals surface area contributed by atoms with Gasteiger partial charge in [-0.15, -0.1) is 0 Å². The van der Waals surface area contributed by atoms with Crippen LogP contribution >= 0.6 is 31.9 Å². The molecule has 0 aliphatic rings. The molecule has 0 unspecified atom stereocenters. The Morgan fingerprint density at radius 2 is 1.90 bits per heavy atom. The molecule has 0 aliphatic heterocycles.